The van der Waals surface area contributed by atoms with Crippen LogP contribution >= 0.6 is 0 Å². The summed E-state index contributed by atoms with van der Waals surface area (Å²) in [6.45, 7) is 1.12. The molecule has 1 aromatic carbocycles. The molecule has 2 aromatic rings. The van der Waals surface area contributed by atoms with Gasteiger partial charge in [-0.15, -0.1) is 0 Å². The van der Waals surface area contributed by atoms with E-state index in [-0.39, 0.29) is 17.4 Å². The molecule has 3 aliphatic rings. The average molecular weight is 325 g/mol. The van der Waals surface area contributed by atoms with Crippen LogP contribution in [0.15, 0.2) is 22.7 Å². The molecule has 2 aliphatic heterocycles. The first-order valence-corrected chi connectivity index (χ1v) is 8.59. The van der Waals surface area contributed by atoms with E-state index >= 15 is 0 Å². The minimum absolute atomic E-state index is 0.0240. The van der Waals surface area contributed by atoms with Crippen molar-refractivity contribution in [3.05, 3.63) is 35.2 Å². The lowest BCUT2D eigenvalue weighted by molar-refractivity contribution is -0.127. The SMILES string of the molecule is O=C1C[C@@H]2OCC[C@]2(c2nc(-c3ccc4c(c3)CCC4)no2)CN1. The van der Waals surface area contributed by atoms with Gasteiger partial charge in [0.15, 0.2) is 0 Å². The summed E-state index contributed by atoms with van der Waals surface area (Å²) in [6.07, 6.45) is 4.49. The zero-order valence-corrected chi connectivity index (χ0v) is 13.4. The maximum Gasteiger partial charge on any atom is 0.237 e. The average Bonchev–Trinajstić information content (AvgIpc) is 3.32. The molecule has 0 unspecified atom stereocenters. The van der Waals surface area contributed by atoms with Crippen LogP contribution < -0.4 is 5.32 Å². The minimum atomic E-state index is -0.379. The fourth-order valence-electron chi connectivity index (χ4n) is 4.23. The maximum atomic E-state index is 11.7. The third kappa shape index (κ3) is 2.02. The van der Waals surface area contributed by atoms with Crippen molar-refractivity contribution in [2.45, 2.75) is 43.6 Å². The van der Waals surface area contributed by atoms with Gasteiger partial charge in [0.1, 0.15) is 0 Å². The number of aromatic nitrogens is 2. The number of hydrogen-bond acceptors (Lipinski definition) is 5. The molecular formula is C18H19N3O3. The molecule has 2 atom stereocenters. The Hall–Kier alpha value is -2.21. The Balaban J connectivity index is 1.50. The zero-order valence-electron chi connectivity index (χ0n) is 13.4. The van der Waals surface area contributed by atoms with Crippen molar-refractivity contribution in [1.29, 1.82) is 0 Å². The minimum Gasteiger partial charge on any atom is -0.376 e. The van der Waals surface area contributed by atoms with Gasteiger partial charge in [0, 0.05) is 18.7 Å². The third-order valence-electron chi connectivity index (χ3n) is 5.66. The van der Waals surface area contributed by atoms with Crippen molar-refractivity contribution in [2.75, 3.05) is 13.2 Å². The number of piperidine rings is 1. The lowest BCUT2D eigenvalue weighted by Crippen LogP contribution is -2.53. The van der Waals surface area contributed by atoms with E-state index in [9.17, 15) is 4.79 Å². The predicted octanol–water partition coefficient (Wildman–Crippen LogP) is 1.77. The number of rotatable bonds is 2. The second-order valence-electron chi connectivity index (χ2n) is 7.01. The van der Waals surface area contributed by atoms with Crippen LogP contribution in [0.2, 0.25) is 0 Å². The van der Waals surface area contributed by atoms with E-state index in [1.165, 1.54) is 17.5 Å². The number of nitrogens with one attached hydrogen (secondary N) is 1. The van der Waals surface area contributed by atoms with Crippen molar-refractivity contribution >= 4 is 5.91 Å². The van der Waals surface area contributed by atoms with Crippen molar-refractivity contribution in [3.8, 4) is 11.4 Å². The van der Waals surface area contributed by atoms with Gasteiger partial charge < -0.3 is 14.6 Å². The third-order valence-corrected chi connectivity index (χ3v) is 5.66. The normalized spacial score (nSPS) is 28.5. The highest BCUT2D eigenvalue weighted by Gasteiger charge is 2.53. The largest absolute Gasteiger partial charge is 0.376 e. The van der Waals surface area contributed by atoms with Crippen LogP contribution in [-0.4, -0.2) is 35.3 Å². The molecule has 24 heavy (non-hydrogen) atoms. The number of amides is 1. The summed E-state index contributed by atoms with van der Waals surface area (Å²) in [5.41, 5.74) is 3.44. The molecule has 2 saturated heterocycles. The number of fused-ring (bicyclic) bond motifs is 2. The highest BCUT2D eigenvalue weighted by atomic mass is 16.5. The monoisotopic (exact) mass is 325 g/mol. The van der Waals surface area contributed by atoms with Crippen molar-refractivity contribution < 1.29 is 14.1 Å². The Morgan fingerprint density at radius 3 is 3.12 bits per heavy atom. The van der Waals surface area contributed by atoms with E-state index in [4.69, 9.17) is 9.26 Å². The first-order chi connectivity index (χ1) is 11.7. The van der Waals surface area contributed by atoms with Gasteiger partial charge in [0.05, 0.1) is 17.9 Å². The molecule has 0 bridgehead atoms. The Morgan fingerprint density at radius 1 is 1.25 bits per heavy atom. The Morgan fingerprint density at radius 2 is 2.17 bits per heavy atom. The molecule has 1 aromatic heterocycles. The summed E-state index contributed by atoms with van der Waals surface area (Å²) in [5.74, 6) is 1.23. The standard InChI is InChI=1S/C18H19N3O3/c22-15-9-14-18(10-19-15,6-7-23-14)17-20-16(21-24-17)13-5-4-11-2-1-3-12(11)8-13/h4-5,8,14H,1-3,6-7,9-10H2,(H,19,22)/t14-,18-/m0/s1. The molecule has 2 fully saturated rings. The summed E-state index contributed by atoms with van der Waals surface area (Å²) in [5, 5.41) is 7.14. The van der Waals surface area contributed by atoms with Gasteiger partial charge in [0.25, 0.3) is 0 Å². The van der Waals surface area contributed by atoms with E-state index in [0.29, 0.717) is 31.3 Å². The Labute approximate surface area is 139 Å². The van der Waals surface area contributed by atoms with Crippen LogP contribution in [-0.2, 0) is 27.8 Å². The molecule has 5 rings (SSSR count). The lowest BCUT2D eigenvalue weighted by atomic mass is 9.77. The smallest absolute Gasteiger partial charge is 0.237 e. The number of benzene rings is 1. The molecule has 3 heterocycles. The van der Waals surface area contributed by atoms with Crippen molar-refractivity contribution in [2.24, 2.45) is 0 Å². The molecule has 0 radical (unpaired) electrons. The summed E-state index contributed by atoms with van der Waals surface area (Å²) < 4.78 is 11.4. The summed E-state index contributed by atoms with van der Waals surface area (Å²) >= 11 is 0. The van der Waals surface area contributed by atoms with E-state index < -0.39 is 0 Å². The first kappa shape index (κ1) is 14.2. The molecule has 6 nitrogen and oxygen atoms in total. The first-order valence-electron chi connectivity index (χ1n) is 8.59. The summed E-state index contributed by atoms with van der Waals surface area (Å²) in [6, 6.07) is 6.43. The van der Waals surface area contributed by atoms with Crippen LogP contribution in [0.1, 0.15) is 36.3 Å². The Bertz CT molecular complexity index is 816. The van der Waals surface area contributed by atoms with Gasteiger partial charge in [0.2, 0.25) is 17.6 Å². The van der Waals surface area contributed by atoms with E-state index in [1.54, 1.807) is 0 Å². The number of carbonyl (C=O) groups is 1. The molecule has 0 spiro atoms. The number of aryl methyl sites for hydroxylation is 2. The van der Waals surface area contributed by atoms with Crippen LogP contribution in [0.3, 0.4) is 0 Å². The quantitative estimate of drug-likeness (QED) is 0.910. The highest BCUT2D eigenvalue weighted by Crippen LogP contribution is 2.41. The van der Waals surface area contributed by atoms with Gasteiger partial charge in [-0.2, -0.15) is 4.98 Å². The fraction of sp³-hybridized carbons (Fsp3) is 0.500. The number of hydrogen-bond donors (Lipinski definition) is 1. The molecule has 1 amide bonds. The fourth-order valence-corrected chi connectivity index (χ4v) is 4.23. The molecular weight excluding hydrogens is 306 g/mol. The van der Waals surface area contributed by atoms with Crippen molar-refractivity contribution in [1.82, 2.24) is 15.5 Å². The van der Waals surface area contributed by atoms with Crippen molar-refractivity contribution in [3.63, 3.8) is 0 Å². The number of ether oxygens (including phenoxy) is 1. The van der Waals surface area contributed by atoms with Gasteiger partial charge in [-0.05, 0) is 42.9 Å². The Kier molecular flexibility index (Phi) is 3.03. The van der Waals surface area contributed by atoms with E-state index in [0.717, 1.165) is 24.8 Å². The molecule has 124 valence electrons. The van der Waals surface area contributed by atoms with Crippen LogP contribution in [0, 0.1) is 0 Å². The molecule has 1 aliphatic carbocycles. The van der Waals surface area contributed by atoms with Gasteiger partial charge >= 0.3 is 0 Å². The lowest BCUT2D eigenvalue weighted by Gasteiger charge is -2.34. The van der Waals surface area contributed by atoms with E-state index in [2.05, 4.69) is 33.7 Å². The summed E-state index contributed by atoms with van der Waals surface area (Å²) in [7, 11) is 0. The van der Waals surface area contributed by atoms with Crippen LogP contribution in [0.5, 0.6) is 0 Å². The molecule has 1 N–H and O–H groups in total. The van der Waals surface area contributed by atoms with Crippen LogP contribution in [0.4, 0.5) is 0 Å². The highest BCUT2D eigenvalue weighted by molar-refractivity contribution is 5.78. The number of carbonyl (C=O) groups excluding carboxylic acids is 1. The second-order valence-corrected chi connectivity index (χ2v) is 7.01. The number of nitrogens with zero attached hydrogens (tertiary/aromatic N) is 2. The maximum absolute atomic E-state index is 11.7. The molecule has 0 saturated carbocycles. The van der Waals surface area contributed by atoms with Crippen LogP contribution in [0.25, 0.3) is 11.4 Å². The zero-order chi connectivity index (χ0) is 16.1. The predicted molar refractivity (Wildman–Crippen MR) is 85.4 cm³/mol. The van der Waals surface area contributed by atoms with E-state index in [1.807, 2.05) is 0 Å². The second kappa shape index (κ2) is 5.14. The van der Waals surface area contributed by atoms with Gasteiger partial charge in [-0.3, -0.25) is 4.79 Å². The summed E-state index contributed by atoms with van der Waals surface area (Å²) in [4.78, 5) is 16.3. The van der Waals surface area contributed by atoms with Gasteiger partial charge in [-0.25, -0.2) is 0 Å². The van der Waals surface area contributed by atoms with Gasteiger partial charge in [-0.1, -0.05) is 17.3 Å². The molecule has 6 heteroatoms. The topological polar surface area (TPSA) is 77.2 Å².